The van der Waals surface area contributed by atoms with Gasteiger partial charge < -0.3 is 10.4 Å². The molecule has 0 saturated carbocycles. The zero-order valence-corrected chi connectivity index (χ0v) is 12.9. The van der Waals surface area contributed by atoms with E-state index in [0.717, 1.165) is 16.5 Å². The van der Waals surface area contributed by atoms with E-state index in [4.69, 9.17) is 0 Å². The Labute approximate surface area is 124 Å². The van der Waals surface area contributed by atoms with Gasteiger partial charge in [0.05, 0.1) is 6.04 Å². The Kier molecular flexibility index (Phi) is 4.73. The summed E-state index contributed by atoms with van der Waals surface area (Å²) >= 11 is 1.37. The maximum atomic E-state index is 9.24. The molecule has 108 valence electrons. The third-order valence-corrected chi connectivity index (χ3v) is 3.66. The quantitative estimate of drug-likeness (QED) is 0.886. The molecule has 0 radical (unpaired) electrons. The number of aromatic nitrogens is 2. The fraction of sp³-hybridized carbons (Fsp3) is 0.467. The molecule has 0 aliphatic heterocycles. The third kappa shape index (κ3) is 3.77. The van der Waals surface area contributed by atoms with Gasteiger partial charge in [-0.1, -0.05) is 51.1 Å². The first-order chi connectivity index (χ1) is 9.50. The molecule has 0 spiro atoms. The molecule has 1 atom stereocenters. The minimum Gasteiger partial charge on any atom is -0.396 e. The van der Waals surface area contributed by atoms with E-state index in [1.807, 2.05) is 18.2 Å². The second kappa shape index (κ2) is 6.33. The van der Waals surface area contributed by atoms with E-state index in [1.54, 1.807) is 0 Å². The molecule has 20 heavy (non-hydrogen) atoms. The molecule has 1 aromatic carbocycles. The monoisotopic (exact) mass is 291 g/mol. The van der Waals surface area contributed by atoms with Crippen molar-refractivity contribution in [1.29, 1.82) is 0 Å². The number of aliphatic hydroxyl groups excluding tert-OH is 1. The first-order valence-electron chi connectivity index (χ1n) is 6.77. The van der Waals surface area contributed by atoms with Gasteiger partial charge in [-0.15, -0.1) is 0 Å². The Morgan fingerprint density at radius 3 is 2.50 bits per heavy atom. The van der Waals surface area contributed by atoms with Gasteiger partial charge in [-0.05, 0) is 12.0 Å². The maximum Gasteiger partial charge on any atom is 0.203 e. The second-order valence-corrected chi connectivity index (χ2v) is 6.54. The molecule has 0 aliphatic rings. The van der Waals surface area contributed by atoms with Crippen LogP contribution in [0.5, 0.6) is 0 Å². The van der Waals surface area contributed by atoms with Crippen molar-refractivity contribution in [1.82, 2.24) is 9.36 Å². The lowest BCUT2D eigenvalue weighted by Crippen LogP contribution is -2.15. The number of rotatable bonds is 5. The standard InChI is InChI=1S/C15H21N3OS/c1-15(2,3)13-17-14(20-18-13)16-12(9-10-19)11-7-5-4-6-8-11/h4-8,12,19H,9-10H2,1-3H3,(H,16,17,18)/t12-/m0/s1. The smallest absolute Gasteiger partial charge is 0.203 e. The van der Waals surface area contributed by atoms with Crippen LogP contribution in [0.4, 0.5) is 5.13 Å². The molecule has 1 aromatic heterocycles. The van der Waals surface area contributed by atoms with Gasteiger partial charge in [0.25, 0.3) is 0 Å². The van der Waals surface area contributed by atoms with Crippen LogP contribution in [0.2, 0.25) is 0 Å². The molecule has 0 saturated heterocycles. The highest BCUT2D eigenvalue weighted by Gasteiger charge is 2.20. The molecule has 2 aromatic rings. The van der Waals surface area contributed by atoms with E-state index in [-0.39, 0.29) is 18.1 Å². The van der Waals surface area contributed by atoms with Crippen LogP contribution < -0.4 is 5.32 Å². The van der Waals surface area contributed by atoms with Gasteiger partial charge in [0, 0.05) is 23.6 Å². The van der Waals surface area contributed by atoms with Crippen LogP contribution in [0.1, 0.15) is 44.6 Å². The van der Waals surface area contributed by atoms with E-state index in [0.29, 0.717) is 6.42 Å². The van der Waals surface area contributed by atoms with Gasteiger partial charge in [0.2, 0.25) is 5.13 Å². The Morgan fingerprint density at radius 2 is 1.95 bits per heavy atom. The van der Waals surface area contributed by atoms with Gasteiger partial charge in [-0.3, -0.25) is 0 Å². The molecule has 0 bridgehead atoms. The first-order valence-corrected chi connectivity index (χ1v) is 7.54. The molecule has 0 unspecified atom stereocenters. The predicted molar refractivity (Wildman–Crippen MR) is 83.1 cm³/mol. The largest absolute Gasteiger partial charge is 0.396 e. The van der Waals surface area contributed by atoms with Crippen molar-refractivity contribution < 1.29 is 5.11 Å². The topological polar surface area (TPSA) is 58.0 Å². The van der Waals surface area contributed by atoms with Crippen LogP contribution >= 0.6 is 11.5 Å². The summed E-state index contributed by atoms with van der Waals surface area (Å²) in [7, 11) is 0. The van der Waals surface area contributed by atoms with Crippen LogP contribution in [0.3, 0.4) is 0 Å². The Bertz CT molecular complexity index is 534. The Morgan fingerprint density at radius 1 is 1.25 bits per heavy atom. The molecule has 4 nitrogen and oxygen atoms in total. The van der Waals surface area contributed by atoms with E-state index in [9.17, 15) is 5.11 Å². The zero-order chi connectivity index (χ0) is 14.6. The number of nitrogens with one attached hydrogen (secondary N) is 1. The number of hydrogen-bond acceptors (Lipinski definition) is 5. The van der Waals surface area contributed by atoms with Gasteiger partial charge in [-0.2, -0.15) is 4.37 Å². The summed E-state index contributed by atoms with van der Waals surface area (Å²) in [6, 6.07) is 10.2. The molecule has 0 fully saturated rings. The molecule has 1 heterocycles. The van der Waals surface area contributed by atoms with Crippen molar-refractivity contribution >= 4 is 16.7 Å². The van der Waals surface area contributed by atoms with E-state index in [2.05, 4.69) is 47.6 Å². The summed E-state index contributed by atoms with van der Waals surface area (Å²) in [5.41, 5.74) is 1.10. The lowest BCUT2D eigenvalue weighted by atomic mass is 9.96. The van der Waals surface area contributed by atoms with Crippen molar-refractivity contribution in [2.45, 2.75) is 38.6 Å². The normalized spacial score (nSPS) is 13.2. The summed E-state index contributed by atoms with van der Waals surface area (Å²) in [4.78, 5) is 4.54. The highest BCUT2D eigenvalue weighted by molar-refractivity contribution is 7.09. The predicted octanol–water partition coefficient (Wildman–Crippen LogP) is 3.37. The van der Waals surface area contributed by atoms with Gasteiger partial charge in [0.1, 0.15) is 5.82 Å². The van der Waals surface area contributed by atoms with Crippen LogP contribution in [-0.4, -0.2) is 21.1 Å². The minimum atomic E-state index is -0.0460. The highest BCUT2D eigenvalue weighted by Crippen LogP contribution is 2.27. The summed E-state index contributed by atoms with van der Waals surface area (Å²) in [6.45, 7) is 6.43. The van der Waals surface area contributed by atoms with Crippen molar-refractivity contribution in [3.8, 4) is 0 Å². The summed E-state index contributed by atoms with van der Waals surface area (Å²) in [6.07, 6.45) is 0.647. The van der Waals surface area contributed by atoms with Gasteiger partial charge in [0.15, 0.2) is 0 Å². The maximum absolute atomic E-state index is 9.24. The second-order valence-electron chi connectivity index (χ2n) is 5.79. The van der Waals surface area contributed by atoms with Crippen LogP contribution in [0.15, 0.2) is 30.3 Å². The zero-order valence-electron chi connectivity index (χ0n) is 12.1. The fourth-order valence-corrected chi connectivity index (χ4v) is 2.68. The molecule has 0 aliphatic carbocycles. The number of hydrogen-bond donors (Lipinski definition) is 2. The Balaban J connectivity index is 2.15. The number of nitrogens with zero attached hydrogens (tertiary/aromatic N) is 2. The summed E-state index contributed by atoms with van der Waals surface area (Å²) in [5, 5.41) is 13.4. The first kappa shape index (κ1) is 14.9. The summed E-state index contributed by atoms with van der Waals surface area (Å²) < 4.78 is 4.40. The minimum absolute atomic E-state index is 0.0460. The Hall–Kier alpha value is -1.46. The van der Waals surface area contributed by atoms with Crippen molar-refractivity contribution in [2.24, 2.45) is 0 Å². The lowest BCUT2D eigenvalue weighted by Gasteiger charge is -2.17. The van der Waals surface area contributed by atoms with Crippen molar-refractivity contribution in [2.75, 3.05) is 11.9 Å². The van der Waals surface area contributed by atoms with Crippen LogP contribution in [-0.2, 0) is 5.41 Å². The number of anilines is 1. The highest BCUT2D eigenvalue weighted by atomic mass is 32.1. The average Bonchev–Trinajstić information content (AvgIpc) is 2.88. The molecular formula is C15H21N3OS. The van der Waals surface area contributed by atoms with E-state index >= 15 is 0 Å². The van der Waals surface area contributed by atoms with Crippen LogP contribution in [0, 0.1) is 0 Å². The van der Waals surface area contributed by atoms with E-state index < -0.39 is 0 Å². The fourth-order valence-electron chi connectivity index (χ4n) is 1.87. The molecule has 2 rings (SSSR count). The SMILES string of the molecule is CC(C)(C)c1nsc(N[C@@H](CCO)c2ccccc2)n1. The van der Waals surface area contributed by atoms with Crippen molar-refractivity contribution in [3.05, 3.63) is 41.7 Å². The lowest BCUT2D eigenvalue weighted by molar-refractivity contribution is 0.280. The van der Waals surface area contributed by atoms with Gasteiger partial charge in [-0.25, -0.2) is 4.98 Å². The van der Waals surface area contributed by atoms with E-state index in [1.165, 1.54) is 11.5 Å². The molecule has 5 heteroatoms. The molecule has 0 amide bonds. The molecular weight excluding hydrogens is 270 g/mol. The molecule has 2 N–H and O–H groups in total. The number of benzene rings is 1. The third-order valence-electron chi connectivity index (χ3n) is 3.01. The summed E-state index contributed by atoms with van der Waals surface area (Å²) in [5.74, 6) is 0.848. The van der Waals surface area contributed by atoms with Crippen molar-refractivity contribution in [3.63, 3.8) is 0 Å². The number of aliphatic hydroxyl groups is 1. The average molecular weight is 291 g/mol. The van der Waals surface area contributed by atoms with Gasteiger partial charge >= 0.3 is 0 Å². The van der Waals surface area contributed by atoms with Crippen LogP contribution in [0.25, 0.3) is 0 Å².